The van der Waals surface area contributed by atoms with Gasteiger partial charge in [0, 0.05) is 18.1 Å². The Hall–Kier alpha value is -3.72. The maximum Gasteiger partial charge on any atom is 0.410 e. The molecular weight excluding hydrogens is 430 g/mol. The van der Waals surface area contributed by atoms with E-state index in [1.807, 2.05) is 30.3 Å². The number of amides is 2. The molecule has 1 unspecified atom stereocenters. The van der Waals surface area contributed by atoms with E-state index in [2.05, 4.69) is 4.98 Å². The summed E-state index contributed by atoms with van der Waals surface area (Å²) in [6, 6.07) is 14.7. The molecule has 8 nitrogen and oxygen atoms in total. The number of carbonyl (C=O) groups excluding carboxylic acids is 2. The summed E-state index contributed by atoms with van der Waals surface area (Å²) in [5.74, 6) is -1.36. The van der Waals surface area contributed by atoms with E-state index in [0.29, 0.717) is 30.2 Å². The van der Waals surface area contributed by atoms with Crippen molar-refractivity contribution < 1.29 is 24.2 Å². The number of hydrogen-bond acceptors (Lipinski definition) is 6. The highest BCUT2D eigenvalue weighted by Crippen LogP contribution is 2.31. The average Bonchev–Trinajstić information content (AvgIpc) is 3.51. The number of ether oxygens (including phenoxy) is 1. The Labute approximate surface area is 188 Å². The highest BCUT2D eigenvalue weighted by Gasteiger charge is 2.39. The summed E-state index contributed by atoms with van der Waals surface area (Å²) in [4.78, 5) is 44.7. The average molecular weight is 452 g/mol. The van der Waals surface area contributed by atoms with Gasteiger partial charge in [0.2, 0.25) is 0 Å². The molecule has 1 atom stereocenters. The van der Waals surface area contributed by atoms with Crippen LogP contribution in [0.15, 0.2) is 66.2 Å². The van der Waals surface area contributed by atoms with Gasteiger partial charge in [-0.1, -0.05) is 30.3 Å². The molecule has 3 aromatic rings. The third-order valence-electron chi connectivity index (χ3n) is 5.18. The number of rotatable bonds is 6. The van der Waals surface area contributed by atoms with Gasteiger partial charge in [0.05, 0.1) is 11.3 Å². The lowest BCUT2D eigenvalue weighted by Gasteiger charge is -2.28. The molecule has 2 aromatic carbocycles. The van der Waals surface area contributed by atoms with Crippen molar-refractivity contribution in [2.45, 2.75) is 25.5 Å². The van der Waals surface area contributed by atoms with Crippen LogP contribution in [0.25, 0.3) is 0 Å². The van der Waals surface area contributed by atoms with Gasteiger partial charge in [-0.25, -0.2) is 14.6 Å². The predicted molar refractivity (Wildman–Crippen MR) is 119 cm³/mol. The van der Waals surface area contributed by atoms with E-state index < -0.39 is 18.1 Å². The smallest absolute Gasteiger partial charge is 0.410 e. The van der Waals surface area contributed by atoms with E-state index >= 15 is 0 Å². The molecule has 2 heterocycles. The van der Waals surface area contributed by atoms with Crippen LogP contribution in [-0.4, -0.2) is 45.5 Å². The molecule has 0 bridgehead atoms. The lowest BCUT2D eigenvalue weighted by Crippen LogP contribution is -2.46. The maximum atomic E-state index is 13.6. The number of carbonyl (C=O) groups is 3. The van der Waals surface area contributed by atoms with Gasteiger partial charge in [0.25, 0.3) is 5.91 Å². The van der Waals surface area contributed by atoms with Gasteiger partial charge >= 0.3 is 12.1 Å². The normalized spacial score (nSPS) is 15.4. The fourth-order valence-corrected chi connectivity index (χ4v) is 4.27. The molecule has 164 valence electrons. The molecule has 0 saturated carbocycles. The number of thiazole rings is 1. The van der Waals surface area contributed by atoms with Crippen LogP contribution in [0.2, 0.25) is 0 Å². The second-order valence-corrected chi connectivity index (χ2v) is 8.10. The molecular formula is C23H21N3O5S. The molecule has 1 aromatic heterocycles. The van der Waals surface area contributed by atoms with Gasteiger partial charge in [0.15, 0.2) is 5.13 Å². The second-order valence-electron chi connectivity index (χ2n) is 7.23. The van der Waals surface area contributed by atoms with Crippen LogP contribution in [-0.2, 0) is 16.1 Å². The van der Waals surface area contributed by atoms with Gasteiger partial charge in [-0.2, -0.15) is 0 Å². The summed E-state index contributed by atoms with van der Waals surface area (Å²) < 4.78 is 5.45. The van der Waals surface area contributed by atoms with Crippen LogP contribution in [0, 0.1) is 0 Å². The number of carboxylic acid groups (broad SMARTS) is 1. The standard InChI is InChI=1S/C23H21N3O5S/c27-20(19-7-4-13-25(19)23(30)31-15-16-5-2-1-3-6-16)26(22-24-12-14-32-22)18-10-8-17(9-11-18)21(28)29/h1-3,5-6,8-12,14,19H,4,7,13,15H2,(H,28,29). The quantitative estimate of drug-likeness (QED) is 0.600. The van der Waals surface area contributed by atoms with Crippen molar-refractivity contribution >= 4 is 40.1 Å². The van der Waals surface area contributed by atoms with Crippen molar-refractivity contribution in [2.75, 3.05) is 11.4 Å². The van der Waals surface area contributed by atoms with Gasteiger partial charge < -0.3 is 9.84 Å². The molecule has 1 aliphatic heterocycles. The van der Waals surface area contributed by atoms with Crippen molar-refractivity contribution in [3.8, 4) is 0 Å². The zero-order chi connectivity index (χ0) is 22.5. The number of benzene rings is 2. The van der Waals surface area contributed by atoms with E-state index in [-0.39, 0.29) is 18.1 Å². The fraction of sp³-hybridized carbons (Fsp3) is 0.217. The van der Waals surface area contributed by atoms with Crippen LogP contribution in [0.5, 0.6) is 0 Å². The molecule has 32 heavy (non-hydrogen) atoms. The predicted octanol–water partition coefficient (Wildman–Crippen LogP) is 4.31. The Morgan fingerprint density at radius 1 is 1.12 bits per heavy atom. The molecule has 0 spiro atoms. The number of anilines is 2. The lowest BCUT2D eigenvalue weighted by atomic mass is 10.1. The first-order valence-electron chi connectivity index (χ1n) is 10.1. The Morgan fingerprint density at radius 2 is 1.88 bits per heavy atom. The molecule has 2 amide bonds. The van der Waals surface area contributed by atoms with Gasteiger partial charge in [-0.05, 0) is 42.7 Å². The van der Waals surface area contributed by atoms with E-state index in [0.717, 1.165) is 5.56 Å². The third-order valence-corrected chi connectivity index (χ3v) is 5.94. The lowest BCUT2D eigenvalue weighted by molar-refractivity contribution is -0.121. The molecule has 1 aliphatic rings. The Morgan fingerprint density at radius 3 is 2.53 bits per heavy atom. The van der Waals surface area contributed by atoms with Gasteiger partial charge in [-0.15, -0.1) is 11.3 Å². The van der Waals surface area contributed by atoms with Crippen LogP contribution in [0.4, 0.5) is 15.6 Å². The number of likely N-dealkylation sites (tertiary alicyclic amines) is 1. The topological polar surface area (TPSA) is 100 Å². The largest absolute Gasteiger partial charge is 0.478 e. The van der Waals surface area contributed by atoms with Gasteiger partial charge in [-0.3, -0.25) is 14.6 Å². The van der Waals surface area contributed by atoms with E-state index in [1.54, 1.807) is 23.7 Å². The number of hydrogen-bond donors (Lipinski definition) is 1. The fourth-order valence-electron chi connectivity index (χ4n) is 3.60. The summed E-state index contributed by atoms with van der Waals surface area (Å²) in [5.41, 5.74) is 1.47. The summed E-state index contributed by atoms with van der Waals surface area (Å²) in [7, 11) is 0. The summed E-state index contributed by atoms with van der Waals surface area (Å²) in [5, 5.41) is 11.4. The number of carboxylic acids is 1. The van der Waals surface area contributed by atoms with E-state index in [4.69, 9.17) is 9.84 Å². The van der Waals surface area contributed by atoms with E-state index in [9.17, 15) is 14.4 Å². The Balaban J connectivity index is 1.54. The Bertz CT molecular complexity index is 1090. The summed E-state index contributed by atoms with van der Waals surface area (Å²) >= 11 is 1.28. The molecule has 0 radical (unpaired) electrons. The van der Waals surface area contributed by atoms with Crippen LogP contribution < -0.4 is 4.90 Å². The zero-order valence-electron chi connectivity index (χ0n) is 17.1. The van der Waals surface area contributed by atoms with Crippen LogP contribution in [0.3, 0.4) is 0 Å². The summed E-state index contributed by atoms with van der Waals surface area (Å²) in [6.45, 7) is 0.553. The van der Waals surface area contributed by atoms with Crippen LogP contribution in [0.1, 0.15) is 28.8 Å². The molecule has 0 aliphatic carbocycles. The minimum absolute atomic E-state index is 0.118. The Kier molecular flexibility index (Phi) is 6.46. The number of aromatic nitrogens is 1. The van der Waals surface area contributed by atoms with Crippen molar-refractivity contribution in [1.29, 1.82) is 0 Å². The van der Waals surface area contributed by atoms with Crippen molar-refractivity contribution in [3.63, 3.8) is 0 Å². The SMILES string of the molecule is O=C(O)c1ccc(N(C(=O)C2CCCN2C(=O)OCc2ccccc2)c2nccs2)cc1. The highest BCUT2D eigenvalue weighted by atomic mass is 32.1. The first-order chi connectivity index (χ1) is 15.5. The molecule has 1 fully saturated rings. The van der Waals surface area contributed by atoms with Crippen molar-refractivity contribution in [1.82, 2.24) is 9.88 Å². The minimum Gasteiger partial charge on any atom is -0.478 e. The van der Waals surface area contributed by atoms with Crippen LogP contribution >= 0.6 is 11.3 Å². The molecule has 9 heteroatoms. The van der Waals surface area contributed by atoms with Gasteiger partial charge in [0.1, 0.15) is 12.6 Å². The minimum atomic E-state index is -1.05. The molecule has 1 saturated heterocycles. The van der Waals surface area contributed by atoms with Crippen molar-refractivity contribution in [2.24, 2.45) is 0 Å². The number of aromatic carboxylic acids is 1. The first-order valence-corrected chi connectivity index (χ1v) is 11.0. The summed E-state index contributed by atoms with van der Waals surface area (Å²) in [6.07, 6.45) is 2.24. The van der Waals surface area contributed by atoms with E-state index in [1.165, 1.54) is 33.3 Å². The second kappa shape index (κ2) is 9.61. The zero-order valence-corrected chi connectivity index (χ0v) is 17.9. The molecule has 1 N–H and O–H groups in total. The van der Waals surface area contributed by atoms with Crippen molar-refractivity contribution in [3.05, 3.63) is 77.3 Å². The first kappa shape index (κ1) is 21.5. The number of nitrogens with zero attached hydrogens (tertiary/aromatic N) is 3. The molecule has 4 rings (SSSR count). The third kappa shape index (κ3) is 4.62. The maximum absolute atomic E-state index is 13.6. The highest BCUT2D eigenvalue weighted by molar-refractivity contribution is 7.13. The monoisotopic (exact) mass is 451 g/mol.